The van der Waals surface area contributed by atoms with Crippen molar-refractivity contribution in [2.45, 2.75) is 26.3 Å². The van der Waals surface area contributed by atoms with Gasteiger partial charge in [0.2, 0.25) is 0 Å². The van der Waals surface area contributed by atoms with Crippen LogP contribution in [0.15, 0.2) is 0 Å². The highest BCUT2D eigenvalue weighted by Gasteiger charge is 2.06. The Kier molecular flexibility index (Phi) is 8.43. The van der Waals surface area contributed by atoms with Crippen LogP contribution in [-0.4, -0.2) is 32.4 Å². The third kappa shape index (κ3) is 8.58. The van der Waals surface area contributed by atoms with Crippen molar-refractivity contribution in [3.05, 3.63) is 0 Å². The summed E-state index contributed by atoms with van der Waals surface area (Å²) in [5.41, 5.74) is 0. The Labute approximate surface area is 82.5 Å². The molecule has 12 heavy (non-hydrogen) atoms. The van der Waals surface area contributed by atoms with Gasteiger partial charge in [-0.3, -0.25) is 0 Å². The highest BCUT2D eigenvalue weighted by Crippen LogP contribution is 1.99. The van der Waals surface area contributed by atoms with Crippen LogP contribution in [0.4, 0.5) is 0 Å². The minimum atomic E-state index is -1.55. The maximum atomic E-state index is 9.47. The Balaban J connectivity index is 3.13. The lowest BCUT2D eigenvalue weighted by Gasteiger charge is -2.10. The molecule has 0 aliphatic carbocycles. The molecule has 0 heterocycles. The average Bonchev–Trinajstić information content (AvgIpc) is 2.00. The van der Waals surface area contributed by atoms with Crippen molar-refractivity contribution in [3.8, 4) is 0 Å². The summed E-state index contributed by atoms with van der Waals surface area (Å²) in [5.74, 6) is 1.44. The molecule has 4 heteroatoms. The summed E-state index contributed by atoms with van der Waals surface area (Å²) in [6.07, 6.45) is 1.62. The Morgan fingerprint density at radius 2 is 2.17 bits per heavy atom. The molecule has 0 saturated carbocycles. The lowest BCUT2D eigenvalue weighted by Crippen LogP contribution is -2.22. The summed E-state index contributed by atoms with van der Waals surface area (Å²) in [6.45, 7) is 4.99. The maximum Gasteiger partial charge on any atom is 0.197 e. The zero-order valence-corrected chi connectivity index (χ0v) is 10.0. The third-order valence-electron chi connectivity index (χ3n) is 1.46. The van der Waals surface area contributed by atoms with E-state index in [1.807, 2.05) is 0 Å². The fourth-order valence-electron chi connectivity index (χ4n) is 0.850. The van der Waals surface area contributed by atoms with Crippen LogP contribution in [0.1, 0.15) is 20.3 Å². The monoisotopic (exact) mass is 208 g/mol. The van der Waals surface area contributed by atoms with Crippen molar-refractivity contribution < 1.29 is 9.53 Å². The van der Waals surface area contributed by atoms with E-state index in [0.29, 0.717) is 12.1 Å². The van der Waals surface area contributed by atoms with Crippen molar-refractivity contribution in [3.63, 3.8) is 0 Å². The summed E-state index contributed by atoms with van der Waals surface area (Å²) < 4.78 is 5.34. The highest BCUT2D eigenvalue weighted by atomic mass is 32.1. The predicted octanol–water partition coefficient (Wildman–Crippen LogP) is 1.23. The standard InChI is InChI=1S/C8H20O2SSi/c1-8(2)6-10-7-12(9)5-3-4-11/h8-9,11-12H,3-7H2,1-2H3. The first-order valence-corrected chi connectivity index (χ1v) is 7.31. The van der Waals surface area contributed by atoms with Crippen LogP contribution in [0.2, 0.25) is 6.04 Å². The van der Waals surface area contributed by atoms with Gasteiger partial charge in [-0.2, -0.15) is 12.6 Å². The van der Waals surface area contributed by atoms with Gasteiger partial charge in [-0.05, 0) is 24.1 Å². The molecule has 0 bridgehead atoms. The number of rotatable bonds is 7. The Bertz CT molecular complexity index is 101. The summed E-state index contributed by atoms with van der Waals surface area (Å²) in [6, 6.07) is 0.932. The van der Waals surface area contributed by atoms with E-state index < -0.39 is 9.04 Å². The van der Waals surface area contributed by atoms with Gasteiger partial charge in [0.15, 0.2) is 9.04 Å². The van der Waals surface area contributed by atoms with Gasteiger partial charge in [0.1, 0.15) is 0 Å². The van der Waals surface area contributed by atoms with Gasteiger partial charge in [-0.15, -0.1) is 0 Å². The van der Waals surface area contributed by atoms with Crippen LogP contribution in [0.25, 0.3) is 0 Å². The molecule has 2 nitrogen and oxygen atoms in total. The number of ether oxygens (including phenoxy) is 1. The van der Waals surface area contributed by atoms with Gasteiger partial charge in [0.25, 0.3) is 0 Å². The zero-order valence-electron chi connectivity index (χ0n) is 7.99. The molecule has 74 valence electrons. The van der Waals surface area contributed by atoms with Gasteiger partial charge in [-0.25, -0.2) is 0 Å². The predicted molar refractivity (Wildman–Crippen MR) is 58.3 cm³/mol. The number of thiol groups is 1. The summed E-state index contributed by atoms with van der Waals surface area (Å²) in [4.78, 5) is 9.47. The maximum absolute atomic E-state index is 9.47. The first-order chi connectivity index (χ1) is 5.66. The highest BCUT2D eigenvalue weighted by molar-refractivity contribution is 7.80. The van der Waals surface area contributed by atoms with E-state index in [9.17, 15) is 4.80 Å². The van der Waals surface area contributed by atoms with E-state index in [2.05, 4.69) is 26.5 Å². The van der Waals surface area contributed by atoms with Crippen molar-refractivity contribution in [2.24, 2.45) is 5.92 Å². The van der Waals surface area contributed by atoms with Crippen LogP contribution in [0.5, 0.6) is 0 Å². The molecule has 0 amide bonds. The largest absolute Gasteiger partial charge is 0.432 e. The van der Waals surface area contributed by atoms with Crippen LogP contribution < -0.4 is 0 Å². The second kappa shape index (κ2) is 8.10. The average molecular weight is 208 g/mol. The Morgan fingerprint density at radius 3 is 2.67 bits per heavy atom. The Morgan fingerprint density at radius 1 is 1.50 bits per heavy atom. The van der Waals surface area contributed by atoms with E-state index in [0.717, 1.165) is 24.8 Å². The quantitative estimate of drug-likeness (QED) is 0.487. The second-order valence-electron chi connectivity index (χ2n) is 3.45. The van der Waals surface area contributed by atoms with Crippen molar-refractivity contribution >= 4 is 21.7 Å². The molecular weight excluding hydrogens is 188 g/mol. The molecule has 0 aromatic carbocycles. The van der Waals surface area contributed by atoms with E-state index in [-0.39, 0.29) is 0 Å². The van der Waals surface area contributed by atoms with Crippen molar-refractivity contribution in [2.75, 3.05) is 18.6 Å². The molecule has 1 unspecified atom stereocenters. The topological polar surface area (TPSA) is 29.5 Å². The molecule has 1 atom stereocenters. The van der Waals surface area contributed by atoms with Gasteiger partial charge >= 0.3 is 0 Å². The smallest absolute Gasteiger partial charge is 0.197 e. The zero-order chi connectivity index (χ0) is 9.40. The molecule has 0 aromatic rings. The van der Waals surface area contributed by atoms with E-state index in [1.165, 1.54) is 0 Å². The molecule has 0 spiro atoms. The normalized spacial score (nSPS) is 13.8. The molecule has 0 radical (unpaired) electrons. The Hall–Kier alpha value is 0.487. The van der Waals surface area contributed by atoms with Crippen LogP contribution in [0, 0.1) is 5.92 Å². The molecule has 0 aromatic heterocycles. The first-order valence-electron chi connectivity index (χ1n) is 4.53. The molecule has 0 aliphatic rings. The molecular formula is C8H20O2SSi. The summed E-state index contributed by atoms with van der Waals surface area (Å²) in [5, 5.41) is 0. The van der Waals surface area contributed by atoms with Crippen LogP contribution in [-0.2, 0) is 4.74 Å². The van der Waals surface area contributed by atoms with E-state index >= 15 is 0 Å². The van der Waals surface area contributed by atoms with Crippen LogP contribution >= 0.6 is 12.6 Å². The van der Waals surface area contributed by atoms with Gasteiger partial charge in [0.05, 0.1) is 6.23 Å². The molecule has 0 aliphatic heterocycles. The van der Waals surface area contributed by atoms with Gasteiger partial charge in [0, 0.05) is 6.61 Å². The second-order valence-corrected chi connectivity index (χ2v) is 6.12. The first kappa shape index (κ1) is 12.5. The molecule has 0 rings (SSSR count). The summed E-state index contributed by atoms with van der Waals surface area (Å²) in [7, 11) is -1.55. The number of hydrogen-bond acceptors (Lipinski definition) is 3. The van der Waals surface area contributed by atoms with E-state index in [4.69, 9.17) is 4.74 Å². The fourth-order valence-corrected chi connectivity index (χ4v) is 2.63. The minimum Gasteiger partial charge on any atom is -0.432 e. The van der Waals surface area contributed by atoms with Gasteiger partial charge < -0.3 is 9.53 Å². The lowest BCUT2D eigenvalue weighted by atomic mass is 10.2. The van der Waals surface area contributed by atoms with Crippen molar-refractivity contribution in [1.82, 2.24) is 0 Å². The number of hydrogen-bond donors (Lipinski definition) is 2. The summed E-state index contributed by atoms with van der Waals surface area (Å²) >= 11 is 4.09. The molecule has 0 fully saturated rings. The molecule has 0 saturated heterocycles. The van der Waals surface area contributed by atoms with Crippen molar-refractivity contribution in [1.29, 1.82) is 0 Å². The third-order valence-corrected chi connectivity index (χ3v) is 3.47. The van der Waals surface area contributed by atoms with Crippen LogP contribution in [0.3, 0.4) is 0 Å². The van der Waals surface area contributed by atoms with Gasteiger partial charge in [-0.1, -0.05) is 13.8 Å². The minimum absolute atomic E-state index is 0.566. The lowest BCUT2D eigenvalue weighted by molar-refractivity contribution is 0.139. The fraction of sp³-hybridized carbons (Fsp3) is 1.00. The molecule has 1 N–H and O–H groups in total. The van der Waals surface area contributed by atoms with E-state index in [1.54, 1.807) is 0 Å². The SMILES string of the molecule is CC(C)COC[SiH](O)CCCS.